The lowest BCUT2D eigenvalue weighted by molar-refractivity contribution is 0.386. The number of ether oxygens (including phenoxy) is 1. The van der Waals surface area contributed by atoms with Crippen molar-refractivity contribution in [3.05, 3.63) is 53.7 Å². The van der Waals surface area contributed by atoms with Crippen molar-refractivity contribution in [2.45, 2.75) is 6.92 Å². The smallest absolute Gasteiger partial charge is 0.165 e. The number of benzene rings is 1. The number of allylic oxidation sites excluding steroid dienone is 1. The van der Waals surface area contributed by atoms with E-state index in [-0.39, 0.29) is 11.6 Å². The third kappa shape index (κ3) is 2.52. The number of nitrogens with zero attached hydrogens (tertiary/aromatic N) is 3. The van der Waals surface area contributed by atoms with Gasteiger partial charge in [0.25, 0.3) is 0 Å². The molecule has 21 heavy (non-hydrogen) atoms. The van der Waals surface area contributed by atoms with Crippen LogP contribution in [0.4, 0.5) is 10.1 Å². The Labute approximate surface area is 121 Å². The van der Waals surface area contributed by atoms with E-state index in [0.29, 0.717) is 6.67 Å². The summed E-state index contributed by atoms with van der Waals surface area (Å²) in [6, 6.07) is 4.87. The van der Waals surface area contributed by atoms with Gasteiger partial charge in [0.2, 0.25) is 0 Å². The van der Waals surface area contributed by atoms with Gasteiger partial charge in [0.1, 0.15) is 6.67 Å². The maximum absolute atomic E-state index is 13.8. The highest BCUT2D eigenvalue weighted by molar-refractivity contribution is 6.13. The Kier molecular flexibility index (Phi) is 3.43. The molecule has 0 radical (unpaired) electrons. The predicted octanol–water partition coefficient (Wildman–Crippen LogP) is 2.73. The minimum atomic E-state index is -0.386. The second kappa shape index (κ2) is 5.40. The van der Waals surface area contributed by atoms with Crippen LogP contribution in [0.2, 0.25) is 0 Å². The highest BCUT2D eigenvalue weighted by atomic mass is 19.1. The van der Waals surface area contributed by atoms with E-state index < -0.39 is 0 Å². The van der Waals surface area contributed by atoms with E-state index in [1.54, 1.807) is 18.5 Å². The molecule has 1 aliphatic heterocycles. The molecule has 0 bridgehead atoms. The third-order valence-electron chi connectivity index (χ3n) is 3.34. The molecule has 5 nitrogen and oxygen atoms in total. The van der Waals surface area contributed by atoms with Gasteiger partial charge in [0.15, 0.2) is 11.6 Å². The lowest BCUT2D eigenvalue weighted by atomic mass is 10.0. The Morgan fingerprint density at radius 3 is 2.86 bits per heavy atom. The maximum Gasteiger partial charge on any atom is 0.165 e. The molecule has 0 spiro atoms. The molecule has 1 aliphatic rings. The van der Waals surface area contributed by atoms with Crippen LogP contribution in [0.3, 0.4) is 0 Å². The van der Waals surface area contributed by atoms with Crippen LogP contribution in [-0.4, -0.2) is 29.7 Å². The van der Waals surface area contributed by atoms with Crippen LogP contribution in [0.15, 0.2) is 47.4 Å². The van der Waals surface area contributed by atoms with Gasteiger partial charge < -0.3 is 9.64 Å². The summed E-state index contributed by atoms with van der Waals surface area (Å²) in [7, 11) is 1.45. The van der Waals surface area contributed by atoms with Crippen molar-refractivity contribution >= 4 is 11.4 Å². The standard InChI is InChI=1S/C15H15FN4O/c1-10-8-20(12-6-18-19-7-12)9-17-15(10)11-3-4-14(21-2)13(16)5-11/h3-8H,9H2,1-2H3,(H,18,19). The number of hydrogen-bond donors (Lipinski definition) is 1. The molecule has 0 aliphatic carbocycles. The van der Waals surface area contributed by atoms with Crippen molar-refractivity contribution in [2.75, 3.05) is 18.7 Å². The van der Waals surface area contributed by atoms with Crippen molar-refractivity contribution in [1.29, 1.82) is 0 Å². The average molecular weight is 286 g/mol. The number of aliphatic imine (C=N–C) groups is 1. The van der Waals surface area contributed by atoms with Gasteiger partial charge in [-0.05, 0) is 30.7 Å². The van der Waals surface area contributed by atoms with Crippen molar-refractivity contribution in [1.82, 2.24) is 10.2 Å². The van der Waals surface area contributed by atoms with Crippen LogP contribution in [-0.2, 0) is 0 Å². The number of aromatic nitrogens is 2. The molecule has 2 aromatic rings. The van der Waals surface area contributed by atoms with Crippen LogP contribution >= 0.6 is 0 Å². The summed E-state index contributed by atoms with van der Waals surface area (Å²) in [6.45, 7) is 2.42. The zero-order valence-electron chi connectivity index (χ0n) is 11.8. The zero-order valence-corrected chi connectivity index (χ0v) is 11.8. The SMILES string of the molecule is COc1ccc(C2=NCN(c3cn[nH]c3)C=C2C)cc1F. The van der Waals surface area contributed by atoms with E-state index >= 15 is 0 Å². The molecule has 0 saturated carbocycles. The number of rotatable bonds is 3. The molecular weight excluding hydrogens is 271 g/mol. The number of H-pyrrole nitrogens is 1. The summed E-state index contributed by atoms with van der Waals surface area (Å²) < 4.78 is 18.7. The highest BCUT2D eigenvalue weighted by Crippen LogP contribution is 2.23. The Hall–Kier alpha value is -2.63. The number of anilines is 1. The summed E-state index contributed by atoms with van der Waals surface area (Å²) in [5.41, 5.74) is 3.44. The van der Waals surface area contributed by atoms with Gasteiger partial charge in [-0.15, -0.1) is 0 Å². The molecule has 6 heteroatoms. The molecule has 3 rings (SSSR count). The van der Waals surface area contributed by atoms with Gasteiger partial charge in [0, 0.05) is 18.0 Å². The summed E-state index contributed by atoms with van der Waals surface area (Å²) in [5, 5.41) is 6.69. The molecule has 0 amide bonds. The molecule has 1 aromatic carbocycles. The van der Waals surface area contributed by atoms with Crippen LogP contribution < -0.4 is 9.64 Å². The average Bonchev–Trinajstić information content (AvgIpc) is 3.01. The number of halogens is 1. The lowest BCUT2D eigenvalue weighted by Crippen LogP contribution is -2.24. The van der Waals surface area contributed by atoms with Gasteiger partial charge in [-0.25, -0.2) is 4.39 Å². The summed E-state index contributed by atoms with van der Waals surface area (Å²) >= 11 is 0. The fourth-order valence-corrected chi connectivity index (χ4v) is 2.30. The summed E-state index contributed by atoms with van der Waals surface area (Å²) in [6.07, 6.45) is 5.52. The van der Waals surface area contributed by atoms with Gasteiger partial charge in [0.05, 0.1) is 24.7 Å². The Morgan fingerprint density at radius 1 is 1.38 bits per heavy atom. The van der Waals surface area contributed by atoms with Crippen molar-refractivity contribution in [2.24, 2.45) is 4.99 Å². The van der Waals surface area contributed by atoms with Crippen LogP contribution in [0.1, 0.15) is 12.5 Å². The molecule has 108 valence electrons. The van der Waals surface area contributed by atoms with E-state index in [4.69, 9.17) is 4.74 Å². The zero-order chi connectivity index (χ0) is 14.8. The van der Waals surface area contributed by atoms with Crippen LogP contribution in [0.5, 0.6) is 5.75 Å². The molecule has 0 saturated heterocycles. The number of nitrogens with one attached hydrogen (secondary N) is 1. The number of hydrogen-bond acceptors (Lipinski definition) is 4. The van der Waals surface area contributed by atoms with Crippen LogP contribution in [0.25, 0.3) is 0 Å². The largest absolute Gasteiger partial charge is 0.494 e. The monoisotopic (exact) mass is 286 g/mol. The van der Waals surface area contributed by atoms with Crippen LogP contribution in [0, 0.1) is 5.82 Å². The summed E-state index contributed by atoms with van der Waals surface area (Å²) in [5.74, 6) is -0.153. The number of aromatic amines is 1. The predicted molar refractivity (Wildman–Crippen MR) is 79.2 cm³/mol. The van der Waals surface area contributed by atoms with E-state index in [0.717, 1.165) is 22.5 Å². The van der Waals surface area contributed by atoms with Gasteiger partial charge in [-0.1, -0.05) is 0 Å². The first-order chi connectivity index (χ1) is 10.2. The fraction of sp³-hybridized carbons (Fsp3) is 0.200. The molecule has 0 fully saturated rings. The fourth-order valence-electron chi connectivity index (χ4n) is 2.30. The van der Waals surface area contributed by atoms with Gasteiger partial charge >= 0.3 is 0 Å². The summed E-state index contributed by atoms with van der Waals surface area (Å²) in [4.78, 5) is 6.51. The van der Waals surface area contributed by atoms with E-state index in [2.05, 4.69) is 15.2 Å². The van der Waals surface area contributed by atoms with E-state index in [1.807, 2.05) is 24.1 Å². The first-order valence-corrected chi connectivity index (χ1v) is 6.51. The topological polar surface area (TPSA) is 53.5 Å². The first kappa shape index (κ1) is 13.4. The quantitative estimate of drug-likeness (QED) is 0.944. The maximum atomic E-state index is 13.8. The Balaban J connectivity index is 1.88. The Bertz CT molecular complexity index is 706. The van der Waals surface area contributed by atoms with Crippen molar-refractivity contribution in [3.8, 4) is 5.75 Å². The van der Waals surface area contributed by atoms with E-state index in [9.17, 15) is 4.39 Å². The third-order valence-corrected chi connectivity index (χ3v) is 3.34. The Morgan fingerprint density at radius 2 is 2.24 bits per heavy atom. The van der Waals surface area contributed by atoms with Gasteiger partial charge in [-0.2, -0.15) is 5.10 Å². The second-order valence-electron chi connectivity index (χ2n) is 4.74. The molecule has 0 atom stereocenters. The normalized spacial score (nSPS) is 14.7. The first-order valence-electron chi connectivity index (χ1n) is 6.51. The van der Waals surface area contributed by atoms with E-state index in [1.165, 1.54) is 13.2 Å². The highest BCUT2D eigenvalue weighted by Gasteiger charge is 2.16. The minimum Gasteiger partial charge on any atom is -0.494 e. The minimum absolute atomic E-state index is 0.233. The molecule has 0 unspecified atom stereocenters. The number of methoxy groups -OCH3 is 1. The molecular formula is C15H15FN4O. The second-order valence-corrected chi connectivity index (χ2v) is 4.74. The lowest BCUT2D eigenvalue weighted by Gasteiger charge is -2.23. The molecule has 1 aromatic heterocycles. The molecule has 1 N–H and O–H groups in total. The molecule has 2 heterocycles. The van der Waals surface area contributed by atoms with Crippen molar-refractivity contribution in [3.63, 3.8) is 0 Å². The van der Waals surface area contributed by atoms with Gasteiger partial charge in [-0.3, -0.25) is 10.1 Å². The van der Waals surface area contributed by atoms with Crippen molar-refractivity contribution < 1.29 is 9.13 Å².